The number of hydrogen-bond donors (Lipinski definition) is 0. The van der Waals surface area contributed by atoms with E-state index in [9.17, 15) is 0 Å². The second-order valence-corrected chi connectivity index (χ2v) is 4.18. The molecule has 0 heteroatoms. The molecular weight excluding hydrogens is 156 g/mol. The van der Waals surface area contributed by atoms with E-state index in [1.807, 2.05) is 0 Å². The van der Waals surface area contributed by atoms with E-state index < -0.39 is 0 Å². The molecule has 0 amide bonds. The first-order valence-electron chi connectivity index (χ1n) is 6.14. The zero-order chi connectivity index (χ0) is 9.94. The minimum Gasteiger partial charge on any atom is -0.0654 e. The lowest BCUT2D eigenvalue weighted by atomic mass is 10.00. The zero-order valence-electron chi connectivity index (χ0n) is 9.65. The van der Waals surface area contributed by atoms with Gasteiger partial charge >= 0.3 is 0 Å². The maximum Gasteiger partial charge on any atom is -0.0417 e. The molecule has 1 radical (unpaired) electrons. The fraction of sp³-hybridized carbons (Fsp3) is 0.923. The first kappa shape index (κ1) is 13.0. The Kier molecular flexibility index (Phi) is 10.1. The summed E-state index contributed by atoms with van der Waals surface area (Å²) in [7, 11) is 0. The van der Waals surface area contributed by atoms with Crippen molar-refractivity contribution in [2.75, 3.05) is 0 Å². The highest BCUT2D eigenvalue weighted by molar-refractivity contribution is 4.58. The lowest BCUT2D eigenvalue weighted by Crippen LogP contribution is -1.91. The van der Waals surface area contributed by atoms with Crippen molar-refractivity contribution in [3.8, 4) is 0 Å². The minimum atomic E-state index is 0.704. The maximum absolute atomic E-state index is 4.10. The van der Waals surface area contributed by atoms with Crippen LogP contribution in [-0.2, 0) is 0 Å². The standard InChI is InChI=1S/C13H27/c1-4-6-7-8-9-10-11-12-13(3)5-2/h13H,3-12H2,1-2H3. The molecule has 1 atom stereocenters. The van der Waals surface area contributed by atoms with E-state index in [0.717, 1.165) is 0 Å². The predicted molar refractivity (Wildman–Crippen MR) is 61.7 cm³/mol. The van der Waals surface area contributed by atoms with Gasteiger partial charge in [-0.3, -0.25) is 0 Å². The molecule has 0 aromatic rings. The Morgan fingerprint density at radius 2 is 1.38 bits per heavy atom. The Labute approximate surface area is 85.1 Å². The van der Waals surface area contributed by atoms with Crippen LogP contribution in [0.5, 0.6) is 0 Å². The molecule has 0 aromatic heterocycles. The number of hydrogen-bond acceptors (Lipinski definition) is 0. The molecule has 0 bridgehead atoms. The second-order valence-electron chi connectivity index (χ2n) is 4.18. The van der Waals surface area contributed by atoms with E-state index >= 15 is 0 Å². The molecule has 13 heavy (non-hydrogen) atoms. The Balaban J connectivity index is 2.91. The lowest BCUT2D eigenvalue weighted by molar-refractivity contribution is 0.504. The zero-order valence-corrected chi connectivity index (χ0v) is 9.65. The van der Waals surface area contributed by atoms with Gasteiger partial charge in [0, 0.05) is 0 Å². The first-order chi connectivity index (χ1) is 6.31. The van der Waals surface area contributed by atoms with Crippen molar-refractivity contribution in [2.24, 2.45) is 5.92 Å². The fourth-order valence-corrected chi connectivity index (χ4v) is 1.59. The van der Waals surface area contributed by atoms with Gasteiger partial charge in [-0.1, -0.05) is 78.6 Å². The molecule has 0 nitrogen and oxygen atoms in total. The summed E-state index contributed by atoms with van der Waals surface area (Å²) < 4.78 is 0. The van der Waals surface area contributed by atoms with Gasteiger partial charge in [-0.15, -0.1) is 0 Å². The van der Waals surface area contributed by atoms with Crippen LogP contribution in [0.4, 0.5) is 0 Å². The lowest BCUT2D eigenvalue weighted by Gasteiger charge is -2.06. The third kappa shape index (κ3) is 9.92. The van der Waals surface area contributed by atoms with Crippen LogP contribution in [-0.4, -0.2) is 0 Å². The summed E-state index contributed by atoms with van der Waals surface area (Å²) in [6.45, 7) is 8.61. The Morgan fingerprint density at radius 1 is 0.846 bits per heavy atom. The molecule has 0 aliphatic heterocycles. The van der Waals surface area contributed by atoms with Gasteiger partial charge in [-0.25, -0.2) is 0 Å². The number of rotatable bonds is 9. The van der Waals surface area contributed by atoms with Crippen molar-refractivity contribution >= 4 is 0 Å². The molecule has 79 valence electrons. The van der Waals surface area contributed by atoms with Crippen LogP contribution in [0.15, 0.2) is 0 Å². The van der Waals surface area contributed by atoms with Gasteiger partial charge in [0.05, 0.1) is 0 Å². The Morgan fingerprint density at radius 3 is 1.92 bits per heavy atom. The highest BCUT2D eigenvalue weighted by atomic mass is 14.0. The monoisotopic (exact) mass is 183 g/mol. The molecule has 0 spiro atoms. The molecule has 0 heterocycles. The molecular formula is C13H27. The largest absolute Gasteiger partial charge is 0.0654 e. The van der Waals surface area contributed by atoms with Gasteiger partial charge in [0.25, 0.3) is 0 Å². The van der Waals surface area contributed by atoms with Crippen LogP contribution >= 0.6 is 0 Å². The smallest absolute Gasteiger partial charge is 0.0417 e. The van der Waals surface area contributed by atoms with Crippen molar-refractivity contribution in [3.63, 3.8) is 0 Å². The third-order valence-electron chi connectivity index (χ3n) is 2.79. The number of unbranched alkanes of at least 4 members (excludes halogenated alkanes) is 6. The van der Waals surface area contributed by atoms with Crippen LogP contribution in [0, 0.1) is 12.8 Å². The van der Waals surface area contributed by atoms with E-state index in [0.29, 0.717) is 5.92 Å². The van der Waals surface area contributed by atoms with Gasteiger partial charge in [0.2, 0.25) is 0 Å². The molecule has 0 N–H and O–H groups in total. The van der Waals surface area contributed by atoms with Gasteiger partial charge < -0.3 is 0 Å². The maximum atomic E-state index is 4.10. The fourth-order valence-electron chi connectivity index (χ4n) is 1.59. The van der Waals surface area contributed by atoms with E-state index in [2.05, 4.69) is 20.8 Å². The van der Waals surface area contributed by atoms with E-state index in [4.69, 9.17) is 0 Å². The molecule has 0 saturated heterocycles. The summed E-state index contributed by atoms with van der Waals surface area (Å²) in [5.41, 5.74) is 0. The van der Waals surface area contributed by atoms with Crippen molar-refractivity contribution in [2.45, 2.75) is 71.6 Å². The van der Waals surface area contributed by atoms with E-state index in [1.165, 1.54) is 57.8 Å². The molecule has 1 unspecified atom stereocenters. The molecule has 0 fully saturated rings. The van der Waals surface area contributed by atoms with Gasteiger partial charge in [-0.05, 0) is 5.92 Å². The summed E-state index contributed by atoms with van der Waals surface area (Å²) in [6.07, 6.45) is 12.5. The van der Waals surface area contributed by atoms with Gasteiger partial charge in [0.1, 0.15) is 0 Å². The van der Waals surface area contributed by atoms with Crippen LogP contribution in [0.25, 0.3) is 0 Å². The topological polar surface area (TPSA) is 0 Å². The van der Waals surface area contributed by atoms with Crippen LogP contribution in [0.1, 0.15) is 71.6 Å². The van der Waals surface area contributed by atoms with Crippen LogP contribution < -0.4 is 0 Å². The average molecular weight is 183 g/mol. The van der Waals surface area contributed by atoms with Crippen molar-refractivity contribution < 1.29 is 0 Å². The van der Waals surface area contributed by atoms with Crippen LogP contribution in [0.2, 0.25) is 0 Å². The highest BCUT2D eigenvalue weighted by Gasteiger charge is 1.97. The highest BCUT2D eigenvalue weighted by Crippen LogP contribution is 2.13. The van der Waals surface area contributed by atoms with Gasteiger partial charge in [-0.2, -0.15) is 0 Å². The van der Waals surface area contributed by atoms with E-state index in [1.54, 1.807) is 0 Å². The average Bonchev–Trinajstić information content (AvgIpc) is 2.16. The Hall–Kier alpha value is 0. The summed E-state index contributed by atoms with van der Waals surface area (Å²) >= 11 is 0. The van der Waals surface area contributed by atoms with Crippen molar-refractivity contribution in [3.05, 3.63) is 6.92 Å². The molecule has 0 aliphatic carbocycles. The SMILES string of the molecule is [CH2]C(CC)CCCCCCCCC. The van der Waals surface area contributed by atoms with Crippen LogP contribution in [0.3, 0.4) is 0 Å². The third-order valence-corrected chi connectivity index (χ3v) is 2.79. The minimum absolute atomic E-state index is 0.704. The van der Waals surface area contributed by atoms with Crippen molar-refractivity contribution in [1.82, 2.24) is 0 Å². The second kappa shape index (κ2) is 10.1. The van der Waals surface area contributed by atoms with E-state index in [-0.39, 0.29) is 0 Å². The summed E-state index contributed by atoms with van der Waals surface area (Å²) in [5, 5.41) is 0. The molecule has 0 aliphatic rings. The molecule has 0 aromatic carbocycles. The Bertz CT molecular complexity index is 86.0. The quantitative estimate of drug-likeness (QED) is 0.442. The first-order valence-corrected chi connectivity index (χ1v) is 6.14. The van der Waals surface area contributed by atoms with Crippen molar-refractivity contribution in [1.29, 1.82) is 0 Å². The predicted octanol–water partition coefficient (Wildman–Crippen LogP) is 4.99. The summed E-state index contributed by atoms with van der Waals surface area (Å²) in [4.78, 5) is 0. The molecule has 0 rings (SSSR count). The van der Waals surface area contributed by atoms with Gasteiger partial charge in [0.15, 0.2) is 0 Å². The summed E-state index contributed by atoms with van der Waals surface area (Å²) in [5.74, 6) is 0.704. The summed E-state index contributed by atoms with van der Waals surface area (Å²) in [6, 6.07) is 0. The normalized spacial score (nSPS) is 13.2. The molecule has 0 saturated carbocycles.